The van der Waals surface area contributed by atoms with Crippen molar-refractivity contribution in [2.24, 2.45) is 5.73 Å². The third-order valence-corrected chi connectivity index (χ3v) is 3.98. The van der Waals surface area contributed by atoms with E-state index in [4.69, 9.17) is 5.73 Å². The van der Waals surface area contributed by atoms with Crippen LogP contribution >= 0.6 is 0 Å². The van der Waals surface area contributed by atoms with Gasteiger partial charge in [-0.25, -0.2) is 0 Å². The number of nitrogens with two attached hydrogens (primary N) is 1. The SMILES string of the molecule is CC(C(=O)NC(C)(C)C)N1CCCN(CCCCN)CC1. The minimum Gasteiger partial charge on any atom is -0.350 e. The lowest BCUT2D eigenvalue weighted by Crippen LogP contribution is -2.51. The number of nitrogens with zero attached hydrogens (tertiary/aromatic N) is 2. The van der Waals surface area contributed by atoms with E-state index in [2.05, 4.69) is 15.1 Å². The van der Waals surface area contributed by atoms with Gasteiger partial charge in [0.15, 0.2) is 0 Å². The molecule has 1 unspecified atom stereocenters. The summed E-state index contributed by atoms with van der Waals surface area (Å²) in [7, 11) is 0. The van der Waals surface area contributed by atoms with Crippen molar-refractivity contribution in [2.45, 2.75) is 58.5 Å². The number of carbonyl (C=O) groups is 1. The Morgan fingerprint density at radius 2 is 1.90 bits per heavy atom. The molecule has 5 nitrogen and oxygen atoms in total. The van der Waals surface area contributed by atoms with Gasteiger partial charge in [-0.3, -0.25) is 9.69 Å². The van der Waals surface area contributed by atoms with Gasteiger partial charge in [0.25, 0.3) is 0 Å². The van der Waals surface area contributed by atoms with Gasteiger partial charge in [0.05, 0.1) is 6.04 Å². The number of amides is 1. The molecule has 1 rings (SSSR count). The molecular formula is C16H34N4O. The average Bonchev–Trinajstić information content (AvgIpc) is 2.62. The summed E-state index contributed by atoms with van der Waals surface area (Å²) in [6, 6.07) is -0.0479. The Balaban J connectivity index is 2.41. The zero-order valence-electron chi connectivity index (χ0n) is 14.3. The van der Waals surface area contributed by atoms with E-state index in [9.17, 15) is 4.79 Å². The van der Waals surface area contributed by atoms with Crippen LogP contribution in [0.25, 0.3) is 0 Å². The molecule has 0 aromatic carbocycles. The van der Waals surface area contributed by atoms with Crippen molar-refractivity contribution in [1.82, 2.24) is 15.1 Å². The van der Waals surface area contributed by atoms with E-state index in [-0.39, 0.29) is 17.5 Å². The van der Waals surface area contributed by atoms with Crippen LogP contribution in [-0.2, 0) is 4.79 Å². The van der Waals surface area contributed by atoms with Gasteiger partial charge in [-0.15, -0.1) is 0 Å². The molecule has 0 aromatic rings. The van der Waals surface area contributed by atoms with Crippen molar-refractivity contribution in [2.75, 3.05) is 39.3 Å². The predicted molar refractivity (Wildman–Crippen MR) is 88.3 cm³/mol. The molecule has 1 aliphatic rings. The Hall–Kier alpha value is -0.650. The minimum absolute atomic E-state index is 0.0479. The molecular weight excluding hydrogens is 264 g/mol. The number of unbranched alkanes of at least 4 members (excludes halogenated alkanes) is 1. The van der Waals surface area contributed by atoms with E-state index in [0.29, 0.717) is 0 Å². The molecule has 0 radical (unpaired) electrons. The minimum atomic E-state index is -0.161. The van der Waals surface area contributed by atoms with Crippen LogP contribution in [0.1, 0.15) is 47.0 Å². The van der Waals surface area contributed by atoms with E-state index >= 15 is 0 Å². The molecule has 21 heavy (non-hydrogen) atoms. The Bertz CT molecular complexity index is 314. The molecule has 5 heteroatoms. The third kappa shape index (κ3) is 7.25. The summed E-state index contributed by atoms with van der Waals surface area (Å²) in [5.41, 5.74) is 5.39. The highest BCUT2D eigenvalue weighted by molar-refractivity contribution is 5.81. The van der Waals surface area contributed by atoms with Crippen LogP contribution in [0.3, 0.4) is 0 Å². The molecule has 1 atom stereocenters. The zero-order chi connectivity index (χ0) is 15.9. The van der Waals surface area contributed by atoms with E-state index in [1.807, 2.05) is 27.7 Å². The van der Waals surface area contributed by atoms with Crippen LogP contribution in [0.5, 0.6) is 0 Å². The maximum absolute atomic E-state index is 12.3. The molecule has 0 saturated carbocycles. The largest absolute Gasteiger partial charge is 0.350 e. The van der Waals surface area contributed by atoms with Crippen molar-refractivity contribution in [3.05, 3.63) is 0 Å². The highest BCUT2D eigenvalue weighted by atomic mass is 16.2. The summed E-state index contributed by atoms with van der Waals surface area (Å²) in [6.07, 6.45) is 3.41. The number of hydrogen-bond donors (Lipinski definition) is 2. The molecule has 1 saturated heterocycles. The van der Waals surface area contributed by atoms with E-state index in [1.165, 1.54) is 6.42 Å². The lowest BCUT2D eigenvalue weighted by atomic mass is 10.1. The van der Waals surface area contributed by atoms with E-state index < -0.39 is 0 Å². The number of nitrogens with one attached hydrogen (secondary N) is 1. The quantitative estimate of drug-likeness (QED) is 0.719. The van der Waals surface area contributed by atoms with Gasteiger partial charge < -0.3 is 16.0 Å². The van der Waals surface area contributed by atoms with Crippen molar-refractivity contribution in [3.8, 4) is 0 Å². The standard InChI is InChI=1S/C16H34N4O/c1-14(15(21)18-16(2,3)4)20-11-7-10-19(12-13-20)9-6-5-8-17/h14H,5-13,17H2,1-4H3,(H,18,21). The van der Waals surface area contributed by atoms with Gasteiger partial charge >= 0.3 is 0 Å². The maximum atomic E-state index is 12.3. The van der Waals surface area contributed by atoms with Crippen LogP contribution < -0.4 is 11.1 Å². The topological polar surface area (TPSA) is 61.6 Å². The third-order valence-electron chi connectivity index (χ3n) is 3.98. The molecule has 0 spiro atoms. The smallest absolute Gasteiger partial charge is 0.237 e. The molecule has 1 heterocycles. The second-order valence-electron chi connectivity index (χ2n) is 7.14. The van der Waals surface area contributed by atoms with Gasteiger partial charge in [-0.05, 0) is 66.6 Å². The number of rotatable bonds is 6. The fourth-order valence-corrected chi connectivity index (χ4v) is 2.72. The second kappa shape index (κ2) is 8.71. The maximum Gasteiger partial charge on any atom is 0.237 e. The monoisotopic (exact) mass is 298 g/mol. The predicted octanol–water partition coefficient (Wildman–Crippen LogP) is 1.04. The normalized spacial score (nSPS) is 20.0. The second-order valence-corrected chi connectivity index (χ2v) is 7.14. The van der Waals surface area contributed by atoms with Gasteiger partial charge in [0, 0.05) is 25.2 Å². The van der Waals surface area contributed by atoms with Crippen molar-refractivity contribution in [1.29, 1.82) is 0 Å². The Labute approximate surface area is 130 Å². The van der Waals surface area contributed by atoms with Gasteiger partial charge in [0.1, 0.15) is 0 Å². The average molecular weight is 298 g/mol. The van der Waals surface area contributed by atoms with Gasteiger partial charge in [-0.2, -0.15) is 0 Å². The summed E-state index contributed by atoms with van der Waals surface area (Å²) in [5.74, 6) is 0.138. The van der Waals surface area contributed by atoms with Crippen LogP contribution in [0.15, 0.2) is 0 Å². The molecule has 0 aliphatic carbocycles. The summed E-state index contributed by atoms with van der Waals surface area (Å²) in [4.78, 5) is 17.1. The fraction of sp³-hybridized carbons (Fsp3) is 0.938. The fourth-order valence-electron chi connectivity index (χ4n) is 2.72. The summed E-state index contributed by atoms with van der Waals surface area (Å²) >= 11 is 0. The molecule has 0 bridgehead atoms. The summed E-state index contributed by atoms with van der Waals surface area (Å²) in [6.45, 7) is 14.2. The lowest BCUT2D eigenvalue weighted by molar-refractivity contribution is -0.127. The molecule has 1 aliphatic heterocycles. The van der Waals surface area contributed by atoms with Crippen LogP contribution in [0, 0.1) is 0 Å². The van der Waals surface area contributed by atoms with Crippen LogP contribution in [0.4, 0.5) is 0 Å². The van der Waals surface area contributed by atoms with Crippen molar-refractivity contribution < 1.29 is 4.79 Å². The highest BCUT2D eigenvalue weighted by Gasteiger charge is 2.26. The highest BCUT2D eigenvalue weighted by Crippen LogP contribution is 2.10. The van der Waals surface area contributed by atoms with Crippen LogP contribution in [-0.4, -0.2) is 66.6 Å². The summed E-state index contributed by atoms with van der Waals surface area (Å²) < 4.78 is 0. The Morgan fingerprint density at radius 1 is 1.19 bits per heavy atom. The Morgan fingerprint density at radius 3 is 2.52 bits per heavy atom. The first-order chi connectivity index (χ1) is 9.83. The molecule has 3 N–H and O–H groups in total. The number of carbonyl (C=O) groups excluding carboxylic acids is 1. The van der Waals surface area contributed by atoms with Gasteiger partial charge in [-0.1, -0.05) is 0 Å². The summed E-state index contributed by atoms with van der Waals surface area (Å²) in [5, 5.41) is 3.08. The van der Waals surface area contributed by atoms with Crippen LogP contribution in [0.2, 0.25) is 0 Å². The van der Waals surface area contributed by atoms with E-state index in [1.54, 1.807) is 0 Å². The first-order valence-electron chi connectivity index (χ1n) is 8.32. The molecule has 1 fully saturated rings. The van der Waals surface area contributed by atoms with E-state index in [0.717, 1.165) is 52.1 Å². The lowest BCUT2D eigenvalue weighted by Gasteiger charge is -2.30. The number of hydrogen-bond acceptors (Lipinski definition) is 4. The first kappa shape index (κ1) is 18.4. The molecule has 0 aromatic heterocycles. The van der Waals surface area contributed by atoms with Gasteiger partial charge in [0.2, 0.25) is 5.91 Å². The Kier molecular flexibility index (Phi) is 7.63. The zero-order valence-corrected chi connectivity index (χ0v) is 14.3. The van der Waals surface area contributed by atoms with Crippen molar-refractivity contribution in [3.63, 3.8) is 0 Å². The molecule has 124 valence electrons. The molecule has 1 amide bonds. The first-order valence-corrected chi connectivity index (χ1v) is 8.32. The van der Waals surface area contributed by atoms with Crippen molar-refractivity contribution >= 4 is 5.91 Å².